The molecule has 0 saturated heterocycles. The van der Waals surface area contributed by atoms with Gasteiger partial charge in [0, 0.05) is 32.6 Å². The third kappa shape index (κ3) is 4.06. The molecule has 0 unspecified atom stereocenters. The molecule has 10 heavy (non-hydrogen) atoms. The van der Waals surface area contributed by atoms with E-state index in [0.29, 0.717) is 18.7 Å². The van der Waals surface area contributed by atoms with Crippen LogP contribution < -0.4 is 0 Å². The Balaban J connectivity index is 3.49. The number of hydrogen-bond acceptors (Lipinski definition) is 2. The number of hydrogen-bond donors (Lipinski definition) is 1. The third-order valence-corrected chi connectivity index (χ3v) is 1.36. The van der Waals surface area contributed by atoms with Gasteiger partial charge in [-0.2, -0.15) is 0 Å². The van der Waals surface area contributed by atoms with Crippen LogP contribution in [0.2, 0.25) is 0 Å². The zero-order chi connectivity index (χ0) is 8.15. The first kappa shape index (κ1) is 9.14. The maximum absolute atomic E-state index is 10.6. The molecule has 1 N–H and O–H groups in total. The van der Waals surface area contributed by atoms with Crippen LogP contribution in [-0.2, 0) is 4.79 Å². The molecule has 0 atom stereocenters. The van der Waals surface area contributed by atoms with E-state index >= 15 is 0 Å². The third-order valence-electron chi connectivity index (χ3n) is 1.36. The molecule has 58 valence electrons. The molecule has 3 nitrogen and oxygen atoms in total. The second-order valence-electron chi connectivity index (χ2n) is 2.47. The van der Waals surface area contributed by atoms with Gasteiger partial charge < -0.3 is 10.3 Å². The molecule has 0 heterocycles. The lowest BCUT2D eigenvalue weighted by atomic mass is 10.3. The van der Waals surface area contributed by atoms with Gasteiger partial charge in [-0.05, 0) is 6.92 Å². The highest BCUT2D eigenvalue weighted by Gasteiger charge is 2.00. The molecule has 0 aliphatic rings. The molecule has 0 radical (unpaired) electrons. The van der Waals surface area contributed by atoms with Gasteiger partial charge in [-0.15, -0.1) is 0 Å². The van der Waals surface area contributed by atoms with E-state index in [1.807, 2.05) is 0 Å². The summed E-state index contributed by atoms with van der Waals surface area (Å²) in [5, 5.41) is 7.09. The van der Waals surface area contributed by atoms with Gasteiger partial charge in [0.2, 0.25) is 5.91 Å². The van der Waals surface area contributed by atoms with Crippen molar-refractivity contribution in [2.45, 2.75) is 20.3 Å². The van der Waals surface area contributed by atoms with Gasteiger partial charge in [0.25, 0.3) is 0 Å². The summed E-state index contributed by atoms with van der Waals surface area (Å²) in [6.45, 7) is 3.93. The normalized spacial score (nSPS) is 9.10. The van der Waals surface area contributed by atoms with Crippen LogP contribution in [0.15, 0.2) is 0 Å². The number of carbonyl (C=O) groups is 1. The van der Waals surface area contributed by atoms with Crippen molar-refractivity contribution in [3.05, 3.63) is 0 Å². The Kier molecular flexibility index (Phi) is 3.69. The smallest absolute Gasteiger partial charge is 0.219 e. The van der Waals surface area contributed by atoms with E-state index in [2.05, 4.69) is 0 Å². The van der Waals surface area contributed by atoms with Gasteiger partial charge in [-0.1, -0.05) is 0 Å². The topological polar surface area (TPSA) is 44.2 Å². The molecule has 0 aliphatic heterocycles. The molecule has 3 heteroatoms. The molecule has 0 rings (SSSR count). The Morgan fingerprint density at radius 3 is 2.30 bits per heavy atom. The van der Waals surface area contributed by atoms with E-state index in [-0.39, 0.29) is 5.91 Å². The van der Waals surface area contributed by atoms with Crippen LogP contribution in [0.1, 0.15) is 20.3 Å². The van der Waals surface area contributed by atoms with Crippen LogP contribution in [0, 0.1) is 5.41 Å². The minimum Gasteiger partial charge on any atom is -0.346 e. The Labute approximate surface area is 61.5 Å². The summed E-state index contributed by atoms with van der Waals surface area (Å²) in [5.41, 5.74) is 0.619. The van der Waals surface area contributed by atoms with Gasteiger partial charge in [0.15, 0.2) is 0 Å². The number of amides is 1. The molecular formula is C7H14N2O. The van der Waals surface area contributed by atoms with Gasteiger partial charge in [0.05, 0.1) is 0 Å². The van der Waals surface area contributed by atoms with E-state index in [0.717, 1.165) is 0 Å². The highest BCUT2D eigenvalue weighted by atomic mass is 16.2. The largest absolute Gasteiger partial charge is 0.346 e. The number of rotatable bonds is 3. The zero-order valence-corrected chi connectivity index (χ0v) is 6.77. The van der Waals surface area contributed by atoms with E-state index in [4.69, 9.17) is 5.41 Å². The van der Waals surface area contributed by atoms with Crippen LogP contribution >= 0.6 is 0 Å². The van der Waals surface area contributed by atoms with Gasteiger partial charge in [-0.3, -0.25) is 4.79 Å². The predicted molar refractivity (Wildman–Crippen MR) is 41.3 cm³/mol. The SMILES string of the molecule is CC(=N)CCN(C)C(C)=O. The molecule has 0 aromatic rings. The Bertz CT molecular complexity index is 143. The molecule has 0 aromatic heterocycles. The zero-order valence-electron chi connectivity index (χ0n) is 6.77. The first-order valence-electron chi connectivity index (χ1n) is 3.29. The van der Waals surface area contributed by atoms with E-state index in [1.165, 1.54) is 6.92 Å². The van der Waals surface area contributed by atoms with Gasteiger partial charge in [0.1, 0.15) is 0 Å². The highest BCUT2D eigenvalue weighted by molar-refractivity contribution is 5.79. The predicted octanol–water partition coefficient (Wildman–Crippen LogP) is 0.894. The van der Waals surface area contributed by atoms with Crippen LogP contribution in [0.3, 0.4) is 0 Å². The lowest BCUT2D eigenvalue weighted by Gasteiger charge is -2.13. The van der Waals surface area contributed by atoms with Gasteiger partial charge in [-0.25, -0.2) is 0 Å². The fourth-order valence-electron chi connectivity index (χ4n) is 0.493. The summed E-state index contributed by atoms with van der Waals surface area (Å²) >= 11 is 0. The van der Waals surface area contributed by atoms with Crippen LogP contribution in [0.25, 0.3) is 0 Å². The van der Waals surface area contributed by atoms with Crippen molar-refractivity contribution in [1.82, 2.24) is 4.90 Å². The Morgan fingerprint density at radius 1 is 1.50 bits per heavy atom. The summed E-state index contributed by atoms with van der Waals surface area (Å²) < 4.78 is 0. The van der Waals surface area contributed by atoms with E-state index < -0.39 is 0 Å². The summed E-state index contributed by atoms with van der Waals surface area (Å²) in [7, 11) is 1.74. The highest BCUT2D eigenvalue weighted by Crippen LogP contribution is 1.88. The molecule has 0 fully saturated rings. The summed E-state index contributed by atoms with van der Waals surface area (Å²) in [6.07, 6.45) is 0.677. The van der Waals surface area contributed by atoms with Crippen molar-refractivity contribution in [1.29, 1.82) is 5.41 Å². The number of nitrogens with zero attached hydrogens (tertiary/aromatic N) is 1. The molecule has 0 spiro atoms. The molecule has 1 amide bonds. The van der Waals surface area contributed by atoms with Crippen molar-refractivity contribution < 1.29 is 4.79 Å². The average molecular weight is 142 g/mol. The fourth-order valence-corrected chi connectivity index (χ4v) is 0.493. The van der Waals surface area contributed by atoms with Crippen molar-refractivity contribution >= 4 is 11.6 Å². The second-order valence-corrected chi connectivity index (χ2v) is 2.47. The molecular weight excluding hydrogens is 128 g/mol. The lowest BCUT2D eigenvalue weighted by Crippen LogP contribution is -2.25. The molecule has 0 aromatic carbocycles. The summed E-state index contributed by atoms with van der Waals surface area (Å²) in [6, 6.07) is 0. The van der Waals surface area contributed by atoms with Crippen molar-refractivity contribution in [3.8, 4) is 0 Å². The van der Waals surface area contributed by atoms with Crippen molar-refractivity contribution in [2.24, 2.45) is 0 Å². The lowest BCUT2D eigenvalue weighted by molar-refractivity contribution is -0.127. The Hall–Kier alpha value is -0.860. The van der Waals surface area contributed by atoms with Crippen molar-refractivity contribution in [2.75, 3.05) is 13.6 Å². The molecule has 0 saturated carbocycles. The van der Waals surface area contributed by atoms with Crippen molar-refractivity contribution in [3.63, 3.8) is 0 Å². The minimum absolute atomic E-state index is 0.0567. The fraction of sp³-hybridized carbons (Fsp3) is 0.714. The first-order chi connectivity index (χ1) is 4.54. The van der Waals surface area contributed by atoms with Gasteiger partial charge >= 0.3 is 0 Å². The molecule has 0 bridgehead atoms. The summed E-state index contributed by atoms with van der Waals surface area (Å²) in [4.78, 5) is 12.2. The second kappa shape index (κ2) is 4.04. The maximum Gasteiger partial charge on any atom is 0.219 e. The first-order valence-corrected chi connectivity index (χ1v) is 3.29. The average Bonchev–Trinajstić information content (AvgIpc) is 1.82. The monoisotopic (exact) mass is 142 g/mol. The van der Waals surface area contributed by atoms with Crippen LogP contribution in [0.5, 0.6) is 0 Å². The number of carbonyl (C=O) groups excluding carboxylic acids is 1. The summed E-state index contributed by atoms with van der Waals surface area (Å²) in [5.74, 6) is 0.0567. The number of nitrogens with one attached hydrogen (secondary N) is 1. The minimum atomic E-state index is 0.0567. The van der Waals surface area contributed by atoms with E-state index in [1.54, 1.807) is 18.9 Å². The quantitative estimate of drug-likeness (QED) is 0.584. The molecule has 0 aliphatic carbocycles. The standard InChI is InChI=1S/C7H14N2O/c1-6(8)4-5-9(3)7(2)10/h8H,4-5H2,1-3H3. The maximum atomic E-state index is 10.6. The van der Waals surface area contributed by atoms with Crippen LogP contribution in [0.4, 0.5) is 0 Å². The Morgan fingerprint density at radius 2 is 2.00 bits per heavy atom. The van der Waals surface area contributed by atoms with Crippen LogP contribution in [-0.4, -0.2) is 30.1 Å². The van der Waals surface area contributed by atoms with E-state index in [9.17, 15) is 4.79 Å².